The number of aromatic nitrogens is 5. The molecule has 7 nitrogen and oxygen atoms in total. The van der Waals surface area contributed by atoms with E-state index in [2.05, 4.69) is 20.6 Å². The molecule has 0 aliphatic rings. The predicted octanol–water partition coefficient (Wildman–Crippen LogP) is 1.18. The molecule has 8 heteroatoms. The Labute approximate surface area is 115 Å². The maximum atomic E-state index is 12.1. The summed E-state index contributed by atoms with van der Waals surface area (Å²) >= 11 is 5.93. The maximum absolute atomic E-state index is 12.1. The molecule has 0 spiro atoms. The monoisotopic (exact) mass is 282 g/mol. The average molecular weight is 283 g/mol. The van der Waals surface area contributed by atoms with Crippen molar-refractivity contribution < 1.29 is 4.79 Å². The number of halogens is 1. The van der Waals surface area contributed by atoms with Gasteiger partial charge in [-0.2, -0.15) is 5.10 Å². The van der Waals surface area contributed by atoms with Crippen LogP contribution in [0, 0.1) is 0 Å². The number of hydrogen-bond acceptors (Lipinski definition) is 4. The number of hydrogen-bond donors (Lipinski definition) is 1. The number of aryl methyl sites for hydroxylation is 2. The van der Waals surface area contributed by atoms with Crippen LogP contribution in [0.3, 0.4) is 0 Å². The van der Waals surface area contributed by atoms with E-state index in [1.807, 2.05) is 18.4 Å². The van der Waals surface area contributed by atoms with Crippen molar-refractivity contribution >= 4 is 17.5 Å². The van der Waals surface area contributed by atoms with Crippen molar-refractivity contribution in [2.75, 3.05) is 0 Å². The van der Waals surface area contributed by atoms with Crippen molar-refractivity contribution in [1.29, 1.82) is 0 Å². The summed E-state index contributed by atoms with van der Waals surface area (Å²) in [5.41, 5.74) is 0.207. The first-order valence-corrected chi connectivity index (χ1v) is 6.28. The number of amides is 1. The van der Waals surface area contributed by atoms with Gasteiger partial charge in [0.05, 0.1) is 11.1 Å². The Morgan fingerprint density at radius 2 is 2.32 bits per heavy atom. The van der Waals surface area contributed by atoms with Crippen LogP contribution < -0.4 is 5.32 Å². The smallest absolute Gasteiger partial charge is 0.273 e. The predicted molar refractivity (Wildman–Crippen MR) is 69.8 cm³/mol. The summed E-state index contributed by atoms with van der Waals surface area (Å²) in [4.78, 5) is 12.1. The third-order valence-electron chi connectivity index (χ3n) is 2.72. The van der Waals surface area contributed by atoms with E-state index in [0.29, 0.717) is 10.8 Å². The fourth-order valence-corrected chi connectivity index (χ4v) is 2.05. The van der Waals surface area contributed by atoms with E-state index in [9.17, 15) is 4.79 Å². The number of carbonyl (C=O) groups excluding carboxylic acids is 1. The van der Waals surface area contributed by atoms with E-state index in [1.54, 1.807) is 19.6 Å². The van der Waals surface area contributed by atoms with Crippen LogP contribution in [0.1, 0.15) is 36.2 Å². The summed E-state index contributed by atoms with van der Waals surface area (Å²) in [6, 6.07) is -0.270. The summed E-state index contributed by atoms with van der Waals surface area (Å²) in [7, 11) is 1.71. The molecule has 0 aliphatic carbocycles. The Balaban J connectivity index is 2.13. The van der Waals surface area contributed by atoms with Gasteiger partial charge in [-0.15, -0.1) is 10.2 Å². The first-order chi connectivity index (χ1) is 9.02. The van der Waals surface area contributed by atoms with Crippen molar-refractivity contribution in [3.63, 3.8) is 0 Å². The molecule has 1 atom stereocenters. The number of nitrogens with one attached hydrogen (secondary N) is 1. The molecule has 102 valence electrons. The van der Waals surface area contributed by atoms with E-state index in [1.165, 1.54) is 4.68 Å². The second kappa shape index (κ2) is 5.40. The number of rotatable bonds is 4. The van der Waals surface area contributed by atoms with E-state index >= 15 is 0 Å². The zero-order valence-electron chi connectivity index (χ0n) is 11.0. The fraction of sp³-hybridized carbons (Fsp3) is 0.455. The molecular weight excluding hydrogens is 268 g/mol. The van der Waals surface area contributed by atoms with Gasteiger partial charge in [-0.05, 0) is 13.8 Å². The summed E-state index contributed by atoms with van der Waals surface area (Å²) in [6.07, 6.45) is 3.21. The Bertz CT molecular complexity index is 590. The highest BCUT2D eigenvalue weighted by Gasteiger charge is 2.20. The molecule has 0 saturated carbocycles. The van der Waals surface area contributed by atoms with Gasteiger partial charge in [0, 0.05) is 19.8 Å². The molecular formula is C11H15ClN6O. The Morgan fingerprint density at radius 1 is 1.58 bits per heavy atom. The Hall–Kier alpha value is -1.89. The van der Waals surface area contributed by atoms with Crippen LogP contribution in [0.15, 0.2) is 12.5 Å². The largest absolute Gasteiger partial charge is 0.341 e. The van der Waals surface area contributed by atoms with Gasteiger partial charge < -0.3 is 9.88 Å². The molecule has 0 unspecified atom stereocenters. The molecule has 0 saturated heterocycles. The van der Waals surface area contributed by atoms with E-state index in [4.69, 9.17) is 11.6 Å². The highest BCUT2D eigenvalue weighted by molar-refractivity contribution is 6.33. The van der Waals surface area contributed by atoms with Gasteiger partial charge in [0.1, 0.15) is 6.33 Å². The van der Waals surface area contributed by atoms with Gasteiger partial charge in [0.25, 0.3) is 5.91 Å². The summed E-state index contributed by atoms with van der Waals surface area (Å²) in [5, 5.41) is 15.0. The number of carbonyl (C=O) groups is 1. The second-order valence-corrected chi connectivity index (χ2v) is 4.58. The fourth-order valence-electron chi connectivity index (χ4n) is 1.79. The first-order valence-electron chi connectivity index (χ1n) is 5.90. The molecule has 0 bridgehead atoms. The molecule has 0 radical (unpaired) electrons. The van der Waals surface area contributed by atoms with Gasteiger partial charge in [-0.25, -0.2) is 0 Å². The minimum atomic E-state index is -0.330. The van der Waals surface area contributed by atoms with Crippen LogP contribution in [-0.2, 0) is 13.6 Å². The standard InChI is InChI=1S/C11H15ClN6O/c1-4-18-6-13-15-10(18)7(2)14-11(19)9-8(12)5-17(3)16-9/h5-7H,4H2,1-3H3,(H,14,19)/t7-/m0/s1. The quantitative estimate of drug-likeness (QED) is 0.913. The SMILES string of the molecule is CCn1cnnc1[C@H](C)NC(=O)c1nn(C)cc1Cl. The zero-order valence-corrected chi connectivity index (χ0v) is 11.7. The van der Waals surface area contributed by atoms with Crippen molar-refractivity contribution in [2.24, 2.45) is 7.05 Å². The molecule has 1 N–H and O–H groups in total. The van der Waals surface area contributed by atoms with Gasteiger partial charge in [0.15, 0.2) is 11.5 Å². The lowest BCUT2D eigenvalue weighted by Crippen LogP contribution is -2.29. The van der Waals surface area contributed by atoms with Crippen LogP contribution in [0.5, 0.6) is 0 Å². The van der Waals surface area contributed by atoms with Crippen LogP contribution in [0.25, 0.3) is 0 Å². The van der Waals surface area contributed by atoms with Crippen LogP contribution in [0.4, 0.5) is 0 Å². The molecule has 0 aliphatic heterocycles. The van der Waals surface area contributed by atoms with Crippen LogP contribution in [-0.4, -0.2) is 30.5 Å². The van der Waals surface area contributed by atoms with E-state index in [-0.39, 0.29) is 17.6 Å². The second-order valence-electron chi connectivity index (χ2n) is 4.17. The third kappa shape index (κ3) is 2.76. The van der Waals surface area contributed by atoms with E-state index in [0.717, 1.165) is 6.54 Å². The highest BCUT2D eigenvalue weighted by atomic mass is 35.5. The first kappa shape index (κ1) is 13.5. The number of nitrogens with zero attached hydrogens (tertiary/aromatic N) is 5. The summed E-state index contributed by atoms with van der Waals surface area (Å²) < 4.78 is 3.36. The molecule has 2 heterocycles. The van der Waals surface area contributed by atoms with Crippen LogP contribution in [0.2, 0.25) is 5.02 Å². The molecule has 2 aromatic rings. The molecule has 0 aromatic carbocycles. The molecule has 19 heavy (non-hydrogen) atoms. The minimum absolute atomic E-state index is 0.207. The molecule has 1 amide bonds. The molecule has 0 fully saturated rings. The van der Waals surface area contributed by atoms with Gasteiger partial charge in [0.2, 0.25) is 0 Å². The minimum Gasteiger partial charge on any atom is -0.341 e. The zero-order chi connectivity index (χ0) is 14.0. The maximum Gasteiger partial charge on any atom is 0.273 e. The molecule has 2 aromatic heterocycles. The van der Waals surface area contributed by atoms with Crippen molar-refractivity contribution in [3.8, 4) is 0 Å². The van der Waals surface area contributed by atoms with Gasteiger partial charge in [-0.3, -0.25) is 9.48 Å². The Kier molecular flexibility index (Phi) is 3.84. The Morgan fingerprint density at radius 3 is 2.89 bits per heavy atom. The third-order valence-corrected chi connectivity index (χ3v) is 3.00. The summed E-state index contributed by atoms with van der Waals surface area (Å²) in [6.45, 7) is 4.56. The normalized spacial score (nSPS) is 12.4. The summed E-state index contributed by atoms with van der Waals surface area (Å²) in [5.74, 6) is 0.367. The van der Waals surface area contributed by atoms with Crippen LogP contribution >= 0.6 is 11.6 Å². The molecule has 2 rings (SSSR count). The van der Waals surface area contributed by atoms with E-state index < -0.39 is 0 Å². The highest BCUT2D eigenvalue weighted by Crippen LogP contribution is 2.15. The van der Waals surface area contributed by atoms with Gasteiger partial charge in [-0.1, -0.05) is 11.6 Å². The lowest BCUT2D eigenvalue weighted by Gasteiger charge is -2.13. The van der Waals surface area contributed by atoms with Crippen molar-refractivity contribution in [3.05, 3.63) is 29.1 Å². The average Bonchev–Trinajstić information content (AvgIpc) is 2.95. The van der Waals surface area contributed by atoms with Crippen molar-refractivity contribution in [2.45, 2.75) is 26.4 Å². The van der Waals surface area contributed by atoms with Gasteiger partial charge >= 0.3 is 0 Å². The van der Waals surface area contributed by atoms with Crippen molar-refractivity contribution in [1.82, 2.24) is 29.9 Å². The topological polar surface area (TPSA) is 77.6 Å². The lowest BCUT2D eigenvalue weighted by atomic mass is 10.3. The lowest BCUT2D eigenvalue weighted by molar-refractivity contribution is 0.0932.